The van der Waals surface area contributed by atoms with Crippen LogP contribution >= 0.6 is 0 Å². The second-order valence-corrected chi connectivity index (χ2v) is 9.21. The first-order valence-electron chi connectivity index (χ1n) is 9.90. The number of benzene rings is 3. The van der Waals surface area contributed by atoms with Crippen LogP contribution in [0.3, 0.4) is 0 Å². The summed E-state index contributed by atoms with van der Waals surface area (Å²) < 4.78 is 27.1. The molecule has 0 saturated heterocycles. The van der Waals surface area contributed by atoms with Crippen molar-refractivity contribution in [1.29, 1.82) is 0 Å². The summed E-state index contributed by atoms with van der Waals surface area (Å²) in [5.41, 5.74) is 3.19. The van der Waals surface area contributed by atoms with E-state index < -0.39 is 10.0 Å². The highest BCUT2D eigenvalue weighted by molar-refractivity contribution is 7.89. The van der Waals surface area contributed by atoms with Gasteiger partial charge in [-0.25, -0.2) is 8.42 Å². The second-order valence-electron chi connectivity index (χ2n) is 7.17. The first kappa shape index (κ1) is 21.1. The molecule has 4 nitrogen and oxygen atoms in total. The third kappa shape index (κ3) is 5.46. The number of sulfonamides is 1. The lowest BCUT2D eigenvalue weighted by Crippen LogP contribution is -2.26. The molecule has 0 bridgehead atoms. The minimum absolute atomic E-state index is 0.302. The fraction of sp³-hybridized carbons (Fsp3) is 0.250. The summed E-state index contributed by atoms with van der Waals surface area (Å²) in [7, 11) is -1.92. The van der Waals surface area contributed by atoms with Crippen LogP contribution in [0.5, 0.6) is 0 Å². The maximum Gasteiger partial charge on any atom is 0.243 e. The quantitative estimate of drug-likeness (QED) is 0.535. The highest BCUT2D eigenvalue weighted by Gasteiger charge is 2.20. The summed E-state index contributed by atoms with van der Waals surface area (Å²) in [6.45, 7) is 3.33. The molecule has 0 aliphatic carbocycles. The van der Waals surface area contributed by atoms with Gasteiger partial charge in [-0.3, -0.25) is 0 Å². The van der Waals surface area contributed by atoms with E-state index in [1.807, 2.05) is 48.5 Å². The predicted molar refractivity (Wildman–Crippen MR) is 120 cm³/mol. The largest absolute Gasteiger partial charge is 0.384 e. The van der Waals surface area contributed by atoms with Gasteiger partial charge in [0.25, 0.3) is 0 Å². The lowest BCUT2D eigenvalue weighted by Gasteiger charge is -2.19. The maximum atomic E-state index is 12.9. The Morgan fingerprint density at radius 2 is 1.45 bits per heavy atom. The molecule has 0 saturated carbocycles. The zero-order valence-electron chi connectivity index (χ0n) is 17.0. The Morgan fingerprint density at radius 1 is 0.862 bits per heavy atom. The first-order chi connectivity index (χ1) is 14.0. The fourth-order valence-corrected chi connectivity index (χ4v) is 4.47. The van der Waals surface area contributed by atoms with Gasteiger partial charge in [0.15, 0.2) is 0 Å². The van der Waals surface area contributed by atoms with Crippen molar-refractivity contribution in [3.8, 4) is 0 Å². The van der Waals surface area contributed by atoms with Gasteiger partial charge in [0.1, 0.15) is 0 Å². The molecule has 0 amide bonds. The van der Waals surface area contributed by atoms with Crippen LogP contribution in [0.2, 0.25) is 0 Å². The van der Waals surface area contributed by atoms with E-state index in [0.717, 1.165) is 24.2 Å². The summed E-state index contributed by atoms with van der Waals surface area (Å²) in [5, 5.41) is 3.43. The Kier molecular flexibility index (Phi) is 7.07. The number of nitrogens with one attached hydrogen (secondary N) is 1. The average Bonchev–Trinajstić information content (AvgIpc) is 2.76. The van der Waals surface area contributed by atoms with E-state index in [0.29, 0.717) is 17.4 Å². The Labute approximate surface area is 174 Å². The second kappa shape index (κ2) is 9.72. The Balaban J connectivity index is 1.64. The van der Waals surface area contributed by atoms with Crippen molar-refractivity contribution in [2.75, 3.05) is 18.9 Å². The summed E-state index contributed by atoms with van der Waals surface area (Å²) >= 11 is 0. The number of anilines is 1. The number of hydrogen-bond donors (Lipinski definition) is 1. The molecule has 152 valence electrons. The number of rotatable bonds is 9. The van der Waals surface area contributed by atoms with Crippen molar-refractivity contribution in [3.63, 3.8) is 0 Å². The van der Waals surface area contributed by atoms with Gasteiger partial charge in [0.05, 0.1) is 4.90 Å². The molecule has 0 heterocycles. The van der Waals surface area contributed by atoms with Gasteiger partial charge in [0.2, 0.25) is 10.0 Å². The van der Waals surface area contributed by atoms with Gasteiger partial charge >= 0.3 is 0 Å². The van der Waals surface area contributed by atoms with E-state index in [9.17, 15) is 8.42 Å². The summed E-state index contributed by atoms with van der Waals surface area (Å²) in [4.78, 5) is 0.302. The molecule has 0 fully saturated rings. The molecule has 0 spiro atoms. The molecule has 3 aromatic carbocycles. The summed E-state index contributed by atoms with van der Waals surface area (Å²) in [5.74, 6) is 0.414. The Bertz CT molecular complexity index is 988. The van der Waals surface area contributed by atoms with E-state index in [4.69, 9.17) is 0 Å². The molecule has 1 N–H and O–H groups in total. The van der Waals surface area contributed by atoms with Gasteiger partial charge in [-0.1, -0.05) is 67.6 Å². The fourth-order valence-electron chi connectivity index (χ4n) is 3.31. The smallest absolute Gasteiger partial charge is 0.243 e. The average molecular weight is 409 g/mol. The van der Waals surface area contributed by atoms with Crippen molar-refractivity contribution >= 4 is 15.7 Å². The lowest BCUT2D eigenvalue weighted by molar-refractivity contribution is 0.467. The zero-order chi connectivity index (χ0) is 20.7. The first-order valence-corrected chi connectivity index (χ1v) is 11.3. The summed E-state index contributed by atoms with van der Waals surface area (Å²) in [6.07, 6.45) is 1.04. The number of nitrogens with zero attached hydrogens (tertiary/aromatic N) is 1. The third-order valence-electron chi connectivity index (χ3n) is 5.13. The van der Waals surface area contributed by atoms with E-state index in [-0.39, 0.29) is 0 Å². The molecule has 3 aromatic rings. The van der Waals surface area contributed by atoms with E-state index in [1.165, 1.54) is 9.87 Å². The van der Waals surface area contributed by atoms with Crippen LogP contribution in [-0.2, 0) is 16.6 Å². The van der Waals surface area contributed by atoms with Gasteiger partial charge in [-0.05, 0) is 41.8 Å². The molecule has 29 heavy (non-hydrogen) atoms. The molecule has 5 heteroatoms. The van der Waals surface area contributed by atoms with Crippen LogP contribution in [0.15, 0.2) is 89.8 Å². The van der Waals surface area contributed by atoms with Crippen LogP contribution < -0.4 is 5.32 Å². The highest BCUT2D eigenvalue weighted by Crippen LogP contribution is 2.22. The van der Waals surface area contributed by atoms with Crippen LogP contribution in [0.25, 0.3) is 0 Å². The van der Waals surface area contributed by atoms with Gasteiger partial charge in [-0.2, -0.15) is 4.31 Å². The molecule has 1 unspecified atom stereocenters. The minimum Gasteiger partial charge on any atom is -0.384 e. The molecular weight excluding hydrogens is 380 g/mol. The van der Waals surface area contributed by atoms with E-state index in [2.05, 4.69) is 36.5 Å². The minimum atomic E-state index is -3.53. The monoisotopic (exact) mass is 408 g/mol. The SMILES string of the molecule is CCC(CNc1ccc(S(=O)(=O)N(C)Cc2ccccc2)cc1)c1ccccc1. The molecule has 0 radical (unpaired) electrons. The van der Waals surface area contributed by atoms with Crippen molar-refractivity contribution < 1.29 is 8.42 Å². The van der Waals surface area contributed by atoms with Crippen molar-refractivity contribution in [2.24, 2.45) is 0 Å². The lowest BCUT2D eigenvalue weighted by atomic mass is 9.96. The molecule has 1 atom stereocenters. The van der Waals surface area contributed by atoms with Crippen molar-refractivity contribution in [3.05, 3.63) is 96.1 Å². The van der Waals surface area contributed by atoms with Gasteiger partial charge in [0, 0.05) is 31.7 Å². The van der Waals surface area contributed by atoms with Crippen molar-refractivity contribution in [2.45, 2.75) is 30.7 Å². The topological polar surface area (TPSA) is 49.4 Å². The van der Waals surface area contributed by atoms with Crippen LogP contribution in [0.4, 0.5) is 5.69 Å². The van der Waals surface area contributed by atoms with Gasteiger partial charge in [-0.15, -0.1) is 0 Å². The van der Waals surface area contributed by atoms with E-state index >= 15 is 0 Å². The maximum absolute atomic E-state index is 12.9. The molecule has 0 aromatic heterocycles. The van der Waals surface area contributed by atoms with E-state index in [1.54, 1.807) is 19.2 Å². The highest BCUT2D eigenvalue weighted by atomic mass is 32.2. The van der Waals surface area contributed by atoms with Gasteiger partial charge < -0.3 is 5.32 Å². The zero-order valence-corrected chi connectivity index (χ0v) is 17.8. The van der Waals surface area contributed by atoms with Crippen molar-refractivity contribution in [1.82, 2.24) is 4.31 Å². The standard InChI is InChI=1S/C24H28N2O2S/c1-3-21(22-12-8-5-9-13-22)18-25-23-14-16-24(17-15-23)29(27,28)26(2)19-20-10-6-4-7-11-20/h4-17,21,25H,3,18-19H2,1-2H3. The summed E-state index contributed by atoms with van der Waals surface area (Å²) in [6, 6.07) is 27.0. The molecule has 0 aliphatic heterocycles. The Morgan fingerprint density at radius 3 is 2.03 bits per heavy atom. The Hall–Kier alpha value is -2.63. The predicted octanol–water partition coefficient (Wildman–Crippen LogP) is 5.11. The molecular formula is C24H28N2O2S. The molecule has 0 aliphatic rings. The number of hydrogen-bond acceptors (Lipinski definition) is 3. The van der Waals surface area contributed by atoms with Crippen LogP contribution in [0.1, 0.15) is 30.4 Å². The van der Waals surface area contributed by atoms with Crippen LogP contribution in [0, 0.1) is 0 Å². The third-order valence-corrected chi connectivity index (χ3v) is 6.94. The molecule has 3 rings (SSSR count). The van der Waals surface area contributed by atoms with Crippen LogP contribution in [-0.4, -0.2) is 26.3 Å². The normalized spacial score (nSPS) is 12.7.